The SMILES string of the molecule is CC(Oc1ccc(C#N)cc1)C(=O)Nc1nc2c(s1)CCCCCC2. The molecule has 0 saturated carbocycles. The highest BCUT2D eigenvalue weighted by Crippen LogP contribution is 2.28. The summed E-state index contributed by atoms with van der Waals surface area (Å²) in [6.45, 7) is 1.71. The largest absolute Gasteiger partial charge is 0.481 e. The molecule has 2 aromatic rings. The van der Waals surface area contributed by atoms with Gasteiger partial charge in [0.25, 0.3) is 5.91 Å². The minimum Gasteiger partial charge on any atom is -0.481 e. The van der Waals surface area contributed by atoms with E-state index in [0.29, 0.717) is 16.4 Å². The third kappa shape index (κ3) is 4.58. The Labute approximate surface area is 151 Å². The number of hydrogen-bond acceptors (Lipinski definition) is 5. The number of hydrogen-bond donors (Lipinski definition) is 1. The van der Waals surface area contributed by atoms with Crippen LogP contribution in [0.1, 0.15) is 48.7 Å². The fourth-order valence-electron chi connectivity index (χ4n) is 2.83. The molecular weight excluding hydrogens is 334 g/mol. The third-order valence-corrected chi connectivity index (χ3v) is 5.31. The molecule has 1 atom stereocenters. The summed E-state index contributed by atoms with van der Waals surface area (Å²) in [4.78, 5) is 18.3. The average molecular weight is 355 g/mol. The highest BCUT2D eigenvalue weighted by atomic mass is 32.1. The molecule has 1 aromatic carbocycles. The lowest BCUT2D eigenvalue weighted by Gasteiger charge is -2.13. The lowest BCUT2D eigenvalue weighted by molar-refractivity contribution is -0.122. The number of rotatable bonds is 4. The Balaban J connectivity index is 1.61. The Bertz CT molecular complexity index is 751. The number of fused-ring (bicyclic) bond motifs is 1. The molecule has 1 aliphatic rings. The summed E-state index contributed by atoms with van der Waals surface area (Å²) in [6, 6.07) is 8.77. The molecule has 0 radical (unpaired) electrons. The number of carbonyl (C=O) groups is 1. The molecule has 5 nitrogen and oxygen atoms in total. The standard InChI is InChI=1S/C19H21N3O2S/c1-13(24-15-10-8-14(12-20)9-11-15)18(23)22-19-21-16-6-4-2-3-5-7-17(16)25-19/h8-11,13H,2-7H2,1H3,(H,21,22,23). The van der Waals surface area contributed by atoms with Crippen LogP contribution < -0.4 is 10.1 Å². The summed E-state index contributed by atoms with van der Waals surface area (Å²) in [5, 5.41) is 12.3. The van der Waals surface area contributed by atoms with Crippen LogP contribution in [0.25, 0.3) is 0 Å². The van der Waals surface area contributed by atoms with Gasteiger partial charge in [-0.2, -0.15) is 5.26 Å². The first-order valence-electron chi connectivity index (χ1n) is 8.62. The zero-order chi connectivity index (χ0) is 17.6. The molecule has 1 heterocycles. The van der Waals surface area contributed by atoms with Gasteiger partial charge in [-0.05, 0) is 56.9 Å². The van der Waals surface area contributed by atoms with Gasteiger partial charge in [-0.3, -0.25) is 10.1 Å². The Hall–Kier alpha value is -2.39. The van der Waals surface area contributed by atoms with Crippen LogP contribution in [0, 0.1) is 11.3 Å². The third-order valence-electron chi connectivity index (χ3n) is 4.24. The maximum absolute atomic E-state index is 12.4. The normalized spacial score (nSPS) is 15.2. The molecule has 3 rings (SSSR count). The highest BCUT2D eigenvalue weighted by Gasteiger charge is 2.19. The number of amides is 1. The molecule has 1 aliphatic carbocycles. The predicted octanol–water partition coefficient (Wildman–Crippen LogP) is 4.08. The molecule has 1 amide bonds. The van der Waals surface area contributed by atoms with Crippen LogP contribution in [0.3, 0.4) is 0 Å². The second kappa shape index (κ2) is 8.13. The van der Waals surface area contributed by atoms with Crippen molar-refractivity contribution in [2.24, 2.45) is 0 Å². The van der Waals surface area contributed by atoms with Crippen LogP contribution in [0.2, 0.25) is 0 Å². The van der Waals surface area contributed by atoms with Crippen molar-refractivity contribution in [3.8, 4) is 11.8 Å². The average Bonchev–Trinajstić information content (AvgIpc) is 2.96. The van der Waals surface area contributed by atoms with E-state index in [9.17, 15) is 4.79 Å². The molecular formula is C19H21N3O2S. The van der Waals surface area contributed by atoms with Gasteiger partial charge in [0.05, 0.1) is 17.3 Å². The molecule has 0 bridgehead atoms. The number of carbonyl (C=O) groups excluding carboxylic acids is 1. The number of aryl methyl sites for hydroxylation is 2. The molecule has 1 unspecified atom stereocenters. The number of nitrogens with one attached hydrogen (secondary N) is 1. The van der Waals surface area contributed by atoms with E-state index in [0.717, 1.165) is 18.5 Å². The zero-order valence-corrected chi connectivity index (χ0v) is 15.1. The van der Waals surface area contributed by atoms with Gasteiger partial charge in [0.1, 0.15) is 5.75 Å². The molecule has 1 aromatic heterocycles. The zero-order valence-electron chi connectivity index (χ0n) is 14.2. The fourth-order valence-corrected chi connectivity index (χ4v) is 3.88. The van der Waals surface area contributed by atoms with E-state index in [2.05, 4.69) is 16.4 Å². The molecule has 0 fully saturated rings. The van der Waals surface area contributed by atoms with Crippen LogP contribution >= 0.6 is 11.3 Å². The number of thiazole rings is 1. The van der Waals surface area contributed by atoms with Crippen molar-refractivity contribution >= 4 is 22.4 Å². The van der Waals surface area contributed by atoms with Crippen molar-refractivity contribution in [3.05, 3.63) is 40.4 Å². The predicted molar refractivity (Wildman–Crippen MR) is 97.9 cm³/mol. The molecule has 130 valence electrons. The number of ether oxygens (including phenoxy) is 1. The molecule has 25 heavy (non-hydrogen) atoms. The first-order valence-corrected chi connectivity index (χ1v) is 9.43. The van der Waals surface area contributed by atoms with E-state index in [-0.39, 0.29) is 5.91 Å². The van der Waals surface area contributed by atoms with Crippen molar-refractivity contribution in [3.63, 3.8) is 0 Å². The Morgan fingerprint density at radius 3 is 2.68 bits per heavy atom. The first-order chi connectivity index (χ1) is 12.2. The first kappa shape index (κ1) is 17.4. The van der Waals surface area contributed by atoms with Crippen LogP contribution in [0.5, 0.6) is 5.75 Å². The van der Waals surface area contributed by atoms with Crippen molar-refractivity contribution in [1.29, 1.82) is 5.26 Å². The Morgan fingerprint density at radius 1 is 1.24 bits per heavy atom. The second-order valence-corrected chi connectivity index (χ2v) is 7.27. The van der Waals surface area contributed by atoms with E-state index in [1.54, 1.807) is 42.5 Å². The van der Waals surface area contributed by atoms with Gasteiger partial charge < -0.3 is 4.74 Å². The van der Waals surface area contributed by atoms with E-state index in [1.807, 2.05) is 0 Å². The minimum absolute atomic E-state index is 0.217. The number of benzene rings is 1. The van der Waals surface area contributed by atoms with E-state index in [4.69, 9.17) is 10.00 Å². The second-order valence-electron chi connectivity index (χ2n) is 6.19. The topological polar surface area (TPSA) is 75.0 Å². The summed E-state index contributed by atoms with van der Waals surface area (Å²) in [6.07, 6.45) is 6.31. The summed E-state index contributed by atoms with van der Waals surface area (Å²) < 4.78 is 5.65. The van der Waals surface area contributed by atoms with Crippen LogP contribution in [-0.2, 0) is 17.6 Å². The molecule has 0 saturated heterocycles. The van der Waals surface area contributed by atoms with Crippen LogP contribution in [0.15, 0.2) is 24.3 Å². The molecule has 0 spiro atoms. The van der Waals surface area contributed by atoms with Gasteiger partial charge in [-0.15, -0.1) is 11.3 Å². The molecule has 1 N–H and O–H groups in total. The van der Waals surface area contributed by atoms with E-state index < -0.39 is 6.10 Å². The smallest absolute Gasteiger partial charge is 0.266 e. The fraction of sp³-hybridized carbons (Fsp3) is 0.421. The van der Waals surface area contributed by atoms with Gasteiger partial charge in [0.2, 0.25) is 0 Å². The van der Waals surface area contributed by atoms with Gasteiger partial charge in [-0.1, -0.05) is 12.8 Å². The van der Waals surface area contributed by atoms with Crippen LogP contribution in [-0.4, -0.2) is 17.0 Å². The summed E-state index contributed by atoms with van der Waals surface area (Å²) >= 11 is 1.58. The number of anilines is 1. The van der Waals surface area contributed by atoms with Gasteiger partial charge in [0.15, 0.2) is 11.2 Å². The number of nitrogens with zero attached hydrogens (tertiary/aromatic N) is 2. The summed E-state index contributed by atoms with van der Waals surface area (Å²) in [5.74, 6) is 0.346. The van der Waals surface area contributed by atoms with E-state index >= 15 is 0 Å². The lowest BCUT2D eigenvalue weighted by Crippen LogP contribution is -2.30. The van der Waals surface area contributed by atoms with Crippen LogP contribution in [0.4, 0.5) is 5.13 Å². The van der Waals surface area contributed by atoms with Crippen molar-refractivity contribution < 1.29 is 9.53 Å². The minimum atomic E-state index is -0.639. The van der Waals surface area contributed by atoms with Crippen molar-refractivity contribution in [1.82, 2.24) is 4.98 Å². The molecule has 6 heteroatoms. The monoisotopic (exact) mass is 355 g/mol. The maximum atomic E-state index is 12.4. The summed E-state index contributed by atoms with van der Waals surface area (Å²) in [7, 11) is 0. The molecule has 0 aliphatic heterocycles. The van der Waals surface area contributed by atoms with Gasteiger partial charge >= 0.3 is 0 Å². The van der Waals surface area contributed by atoms with E-state index in [1.165, 1.54) is 30.6 Å². The number of aromatic nitrogens is 1. The van der Waals surface area contributed by atoms with Gasteiger partial charge in [-0.25, -0.2) is 4.98 Å². The van der Waals surface area contributed by atoms with Crippen molar-refractivity contribution in [2.45, 2.75) is 51.6 Å². The van der Waals surface area contributed by atoms with Crippen molar-refractivity contribution in [2.75, 3.05) is 5.32 Å². The highest BCUT2D eigenvalue weighted by molar-refractivity contribution is 7.15. The van der Waals surface area contributed by atoms with Gasteiger partial charge in [0, 0.05) is 4.88 Å². The quantitative estimate of drug-likeness (QED) is 0.897. The Morgan fingerprint density at radius 2 is 1.96 bits per heavy atom. The maximum Gasteiger partial charge on any atom is 0.266 e. The summed E-state index contributed by atoms with van der Waals surface area (Å²) in [5.41, 5.74) is 1.70. The Kier molecular flexibility index (Phi) is 5.67. The number of nitriles is 1. The lowest BCUT2D eigenvalue weighted by atomic mass is 10.0.